The number of aromatic nitrogens is 1. The van der Waals surface area contributed by atoms with Crippen LogP contribution in [0.15, 0.2) is 24.3 Å². The summed E-state index contributed by atoms with van der Waals surface area (Å²) < 4.78 is 5.17. The Morgan fingerprint density at radius 2 is 1.84 bits per heavy atom. The molecule has 1 aromatic heterocycles. The van der Waals surface area contributed by atoms with Crippen LogP contribution >= 0.6 is 0 Å². The number of carbonyl (C=O) groups is 1. The Morgan fingerprint density at radius 1 is 1.12 bits per heavy atom. The van der Waals surface area contributed by atoms with Gasteiger partial charge in [0.2, 0.25) is 5.82 Å². The van der Waals surface area contributed by atoms with Gasteiger partial charge in [-0.3, -0.25) is 14.9 Å². The number of rotatable bonds is 11. The van der Waals surface area contributed by atoms with Crippen molar-refractivity contribution in [2.75, 3.05) is 36.0 Å². The van der Waals surface area contributed by atoms with Crippen LogP contribution in [0.2, 0.25) is 0 Å². The summed E-state index contributed by atoms with van der Waals surface area (Å²) in [6.45, 7) is 12.9. The average molecular weight is 443 g/mol. The van der Waals surface area contributed by atoms with E-state index in [1.807, 2.05) is 50.8 Å². The smallest absolute Gasteiger partial charge is 0.335 e. The van der Waals surface area contributed by atoms with E-state index >= 15 is 0 Å². The molecule has 1 aromatic carbocycles. The van der Waals surface area contributed by atoms with Crippen LogP contribution in [0.25, 0.3) is 0 Å². The molecular formula is C24H34N4O4. The minimum atomic E-state index is -0.468. The largest absolute Gasteiger partial charge is 0.465 e. The molecule has 0 aliphatic heterocycles. The van der Waals surface area contributed by atoms with Crippen molar-refractivity contribution >= 4 is 28.8 Å². The normalized spacial score (nSPS) is 10.7. The number of unbranched alkanes of at least 4 members (excludes halogenated alkanes) is 1. The van der Waals surface area contributed by atoms with Crippen LogP contribution < -0.4 is 9.80 Å². The van der Waals surface area contributed by atoms with Gasteiger partial charge in [0.15, 0.2) is 0 Å². The van der Waals surface area contributed by atoms with Crippen LogP contribution in [0.3, 0.4) is 0 Å². The van der Waals surface area contributed by atoms with Crippen LogP contribution in [0.1, 0.15) is 50.4 Å². The number of hydrogen-bond acceptors (Lipinski definition) is 7. The van der Waals surface area contributed by atoms with E-state index in [9.17, 15) is 14.9 Å². The Bertz CT molecular complexity index is 961. The SMILES string of the molecule is CCCCN(CC)c1cc(C)nc(N(CC(=O)OCC)c2ccc(C)cc2C)c1[N+](=O)[O-]. The molecule has 0 spiro atoms. The third-order valence-corrected chi connectivity index (χ3v) is 5.26. The zero-order valence-corrected chi connectivity index (χ0v) is 20.0. The van der Waals surface area contributed by atoms with Crippen molar-refractivity contribution < 1.29 is 14.5 Å². The number of ether oxygens (including phenoxy) is 1. The van der Waals surface area contributed by atoms with Gasteiger partial charge in [-0.1, -0.05) is 31.0 Å². The Kier molecular flexibility index (Phi) is 8.99. The topological polar surface area (TPSA) is 88.8 Å². The number of pyridine rings is 1. The number of benzene rings is 1. The fourth-order valence-corrected chi connectivity index (χ4v) is 3.75. The van der Waals surface area contributed by atoms with Gasteiger partial charge in [0, 0.05) is 24.5 Å². The molecule has 32 heavy (non-hydrogen) atoms. The molecule has 0 saturated carbocycles. The standard InChI is InChI=1S/C24H34N4O4/c1-7-10-13-26(8-2)21-15-19(6)25-24(23(21)28(30)31)27(16-22(29)32-9-3)20-12-11-17(4)14-18(20)5/h11-12,14-15H,7-10,13,16H2,1-6H3. The number of anilines is 3. The summed E-state index contributed by atoms with van der Waals surface area (Å²) in [4.78, 5) is 32.6. The van der Waals surface area contributed by atoms with Crippen molar-refractivity contribution in [2.45, 2.75) is 54.4 Å². The number of hydrogen-bond donors (Lipinski definition) is 0. The molecule has 2 aromatic rings. The highest BCUT2D eigenvalue weighted by Crippen LogP contribution is 2.40. The van der Waals surface area contributed by atoms with E-state index in [1.165, 1.54) is 0 Å². The lowest BCUT2D eigenvalue weighted by Crippen LogP contribution is -2.30. The monoisotopic (exact) mass is 442 g/mol. The van der Waals surface area contributed by atoms with Crippen LogP contribution in [0.5, 0.6) is 0 Å². The van der Waals surface area contributed by atoms with Crippen molar-refractivity contribution in [3.8, 4) is 0 Å². The molecule has 0 N–H and O–H groups in total. The first-order valence-electron chi connectivity index (χ1n) is 11.1. The fourth-order valence-electron chi connectivity index (χ4n) is 3.75. The zero-order chi connectivity index (χ0) is 23.8. The number of nitro groups is 1. The third-order valence-electron chi connectivity index (χ3n) is 5.26. The van der Waals surface area contributed by atoms with Gasteiger partial charge in [-0.05, 0) is 58.7 Å². The second kappa shape index (κ2) is 11.5. The Morgan fingerprint density at radius 3 is 2.41 bits per heavy atom. The number of esters is 1. The third kappa shape index (κ3) is 5.96. The Hall–Kier alpha value is -3.16. The average Bonchev–Trinajstić information content (AvgIpc) is 2.72. The van der Waals surface area contributed by atoms with Gasteiger partial charge in [-0.25, -0.2) is 4.98 Å². The van der Waals surface area contributed by atoms with Crippen molar-refractivity contribution in [3.63, 3.8) is 0 Å². The van der Waals surface area contributed by atoms with Gasteiger partial charge in [0.25, 0.3) is 0 Å². The summed E-state index contributed by atoms with van der Waals surface area (Å²) in [6, 6.07) is 7.52. The lowest BCUT2D eigenvalue weighted by molar-refractivity contribution is -0.383. The molecule has 0 bridgehead atoms. The molecule has 0 atom stereocenters. The van der Waals surface area contributed by atoms with E-state index in [0.717, 1.165) is 24.0 Å². The van der Waals surface area contributed by atoms with Crippen LogP contribution in [-0.4, -0.2) is 42.1 Å². The summed E-state index contributed by atoms with van der Waals surface area (Å²) in [5, 5.41) is 12.3. The maximum Gasteiger partial charge on any atom is 0.335 e. The summed E-state index contributed by atoms with van der Waals surface area (Å²) in [5.74, 6) is -0.315. The second-order valence-corrected chi connectivity index (χ2v) is 7.83. The number of carbonyl (C=O) groups excluding carboxylic acids is 1. The number of aryl methyl sites for hydroxylation is 3. The van der Waals surface area contributed by atoms with Gasteiger partial charge in [-0.2, -0.15) is 0 Å². The van der Waals surface area contributed by atoms with E-state index in [1.54, 1.807) is 17.9 Å². The van der Waals surface area contributed by atoms with Crippen molar-refractivity contribution in [1.82, 2.24) is 4.98 Å². The first-order chi connectivity index (χ1) is 15.2. The molecule has 0 radical (unpaired) electrons. The fraction of sp³-hybridized carbons (Fsp3) is 0.500. The van der Waals surface area contributed by atoms with Crippen LogP contribution in [-0.2, 0) is 9.53 Å². The summed E-state index contributed by atoms with van der Waals surface area (Å²) >= 11 is 0. The minimum Gasteiger partial charge on any atom is -0.465 e. The molecule has 174 valence electrons. The molecule has 0 amide bonds. The Labute approximate surface area is 190 Å². The van der Waals surface area contributed by atoms with Crippen LogP contribution in [0, 0.1) is 30.9 Å². The molecule has 1 heterocycles. The van der Waals surface area contributed by atoms with Crippen LogP contribution in [0.4, 0.5) is 22.9 Å². The maximum atomic E-state index is 12.5. The van der Waals surface area contributed by atoms with Crippen molar-refractivity contribution in [1.29, 1.82) is 0 Å². The first-order valence-corrected chi connectivity index (χ1v) is 11.1. The number of nitrogens with zero attached hydrogens (tertiary/aromatic N) is 4. The summed E-state index contributed by atoms with van der Waals surface area (Å²) in [5.41, 5.74) is 3.71. The van der Waals surface area contributed by atoms with Crippen molar-refractivity contribution in [2.24, 2.45) is 0 Å². The Balaban J connectivity index is 2.75. The highest BCUT2D eigenvalue weighted by atomic mass is 16.6. The molecule has 8 nitrogen and oxygen atoms in total. The van der Waals surface area contributed by atoms with Gasteiger partial charge >= 0.3 is 11.7 Å². The molecule has 0 aliphatic carbocycles. The van der Waals surface area contributed by atoms with E-state index in [0.29, 0.717) is 30.2 Å². The lowest BCUT2D eigenvalue weighted by Gasteiger charge is -2.28. The highest BCUT2D eigenvalue weighted by Gasteiger charge is 2.31. The van der Waals surface area contributed by atoms with E-state index in [-0.39, 0.29) is 24.7 Å². The zero-order valence-electron chi connectivity index (χ0n) is 20.0. The quantitative estimate of drug-likeness (QED) is 0.267. The minimum absolute atomic E-state index is 0.0992. The van der Waals surface area contributed by atoms with E-state index in [2.05, 4.69) is 11.9 Å². The first kappa shape index (κ1) is 25.1. The van der Waals surface area contributed by atoms with Gasteiger partial charge < -0.3 is 14.5 Å². The lowest BCUT2D eigenvalue weighted by atomic mass is 10.1. The molecule has 0 unspecified atom stereocenters. The van der Waals surface area contributed by atoms with E-state index in [4.69, 9.17) is 4.74 Å². The predicted molar refractivity (Wildman–Crippen MR) is 128 cm³/mol. The summed E-state index contributed by atoms with van der Waals surface area (Å²) in [6.07, 6.45) is 1.91. The molecule has 0 fully saturated rings. The highest BCUT2D eigenvalue weighted by molar-refractivity contribution is 5.85. The van der Waals surface area contributed by atoms with E-state index < -0.39 is 10.9 Å². The van der Waals surface area contributed by atoms with Gasteiger partial charge in [0.05, 0.1) is 11.5 Å². The second-order valence-electron chi connectivity index (χ2n) is 7.83. The summed E-state index contributed by atoms with van der Waals surface area (Å²) in [7, 11) is 0. The van der Waals surface area contributed by atoms with Gasteiger partial charge in [-0.15, -0.1) is 0 Å². The molecule has 0 aliphatic rings. The molecule has 8 heteroatoms. The predicted octanol–water partition coefficient (Wildman–Crippen LogP) is 5.24. The van der Waals surface area contributed by atoms with Gasteiger partial charge in [0.1, 0.15) is 12.2 Å². The molecule has 2 rings (SSSR count). The van der Waals surface area contributed by atoms with Crippen molar-refractivity contribution in [3.05, 3.63) is 51.2 Å². The molecular weight excluding hydrogens is 408 g/mol. The molecule has 0 saturated heterocycles. The maximum absolute atomic E-state index is 12.5.